The molecule has 2 aromatic carbocycles. The second-order valence-electron chi connectivity index (χ2n) is 5.72. The molecule has 3 unspecified atom stereocenters. The molecule has 0 spiro atoms. The minimum atomic E-state index is -3.78. The van der Waals surface area contributed by atoms with Crippen molar-refractivity contribution in [2.45, 2.75) is 21.6 Å². The SMILES string of the molecule is NC1(CO)C(c2cccc(F)c2)C1S(=O)(=O)c1ccc(Cl)cc1. The number of benzene rings is 2. The molecule has 3 atom stereocenters. The van der Waals surface area contributed by atoms with E-state index in [4.69, 9.17) is 17.3 Å². The van der Waals surface area contributed by atoms with E-state index in [-0.39, 0.29) is 4.90 Å². The predicted molar refractivity (Wildman–Crippen MR) is 85.6 cm³/mol. The van der Waals surface area contributed by atoms with Crippen molar-refractivity contribution in [3.63, 3.8) is 0 Å². The monoisotopic (exact) mass is 355 g/mol. The maximum Gasteiger partial charge on any atom is 0.183 e. The van der Waals surface area contributed by atoms with Gasteiger partial charge >= 0.3 is 0 Å². The zero-order chi connectivity index (χ0) is 16.8. The van der Waals surface area contributed by atoms with Crippen molar-refractivity contribution in [2.75, 3.05) is 6.61 Å². The van der Waals surface area contributed by atoms with Crippen molar-refractivity contribution in [1.82, 2.24) is 0 Å². The highest BCUT2D eigenvalue weighted by atomic mass is 35.5. The average Bonchev–Trinajstić information content (AvgIpc) is 3.15. The third kappa shape index (κ3) is 2.65. The smallest absolute Gasteiger partial charge is 0.183 e. The van der Waals surface area contributed by atoms with E-state index >= 15 is 0 Å². The summed E-state index contributed by atoms with van der Waals surface area (Å²) in [7, 11) is -3.78. The molecule has 0 aromatic heterocycles. The van der Waals surface area contributed by atoms with Crippen LogP contribution < -0.4 is 5.73 Å². The lowest BCUT2D eigenvalue weighted by molar-refractivity contribution is 0.253. The molecule has 1 saturated carbocycles. The zero-order valence-corrected chi connectivity index (χ0v) is 13.6. The van der Waals surface area contributed by atoms with Crippen LogP contribution in [0.5, 0.6) is 0 Å². The van der Waals surface area contributed by atoms with Gasteiger partial charge in [-0.3, -0.25) is 0 Å². The largest absolute Gasteiger partial charge is 0.394 e. The Bertz CT molecular complexity index is 841. The van der Waals surface area contributed by atoms with Crippen molar-refractivity contribution in [2.24, 2.45) is 5.73 Å². The lowest BCUT2D eigenvalue weighted by Crippen LogP contribution is -2.35. The first-order valence-corrected chi connectivity index (χ1v) is 8.88. The van der Waals surface area contributed by atoms with Crippen LogP contribution in [0.15, 0.2) is 53.4 Å². The van der Waals surface area contributed by atoms with Gasteiger partial charge in [-0.2, -0.15) is 0 Å². The number of rotatable bonds is 4. The van der Waals surface area contributed by atoms with E-state index in [0.717, 1.165) is 0 Å². The Morgan fingerprint density at radius 2 is 1.87 bits per heavy atom. The zero-order valence-electron chi connectivity index (χ0n) is 12.0. The first-order chi connectivity index (χ1) is 10.8. The van der Waals surface area contributed by atoms with Crippen LogP contribution >= 0.6 is 11.6 Å². The second kappa shape index (κ2) is 5.56. The summed E-state index contributed by atoms with van der Waals surface area (Å²) in [6.07, 6.45) is 0. The standard InChI is InChI=1S/C16H15ClFNO3S/c17-11-4-6-13(7-5-11)23(21,22)15-14(16(15,19)9-20)10-2-1-3-12(18)8-10/h1-8,14-15,20H,9,19H2. The third-order valence-corrected chi connectivity index (χ3v) is 6.82. The Balaban J connectivity index is 2.03. The number of hydrogen-bond donors (Lipinski definition) is 2. The van der Waals surface area contributed by atoms with Gasteiger partial charge in [-0.25, -0.2) is 12.8 Å². The molecule has 1 aliphatic rings. The molecule has 1 fully saturated rings. The Kier molecular flexibility index (Phi) is 3.96. The summed E-state index contributed by atoms with van der Waals surface area (Å²) in [6.45, 7) is -0.508. The van der Waals surface area contributed by atoms with E-state index in [9.17, 15) is 17.9 Å². The molecular formula is C16H15ClFNO3S. The number of aliphatic hydroxyl groups is 1. The van der Waals surface area contributed by atoms with Crippen LogP contribution in [0.4, 0.5) is 4.39 Å². The molecule has 7 heteroatoms. The summed E-state index contributed by atoms with van der Waals surface area (Å²) < 4.78 is 39.1. The van der Waals surface area contributed by atoms with Crippen molar-refractivity contribution in [3.05, 3.63) is 64.9 Å². The van der Waals surface area contributed by atoms with Gasteiger partial charge in [0, 0.05) is 10.9 Å². The fourth-order valence-corrected chi connectivity index (χ4v) is 5.46. The Labute approximate surface area is 138 Å². The van der Waals surface area contributed by atoms with Gasteiger partial charge in [-0.15, -0.1) is 0 Å². The molecule has 3 rings (SSSR count). The first kappa shape index (κ1) is 16.4. The summed E-state index contributed by atoms with van der Waals surface area (Å²) in [5.74, 6) is -1.14. The fourth-order valence-electron chi connectivity index (χ4n) is 3.04. The van der Waals surface area contributed by atoms with E-state index < -0.39 is 39.0 Å². The van der Waals surface area contributed by atoms with Crippen LogP contribution in [0.2, 0.25) is 5.02 Å². The van der Waals surface area contributed by atoms with Gasteiger partial charge in [0.1, 0.15) is 5.82 Å². The highest BCUT2D eigenvalue weighted by Crippen LogP contribution is 2.55. The van der Waals surface area contributed by atoms with E-state index in [1.54, 1.807) is 6.07 Å². The van der Waals surface area contributed by atoms with E-state index in [2.05, 4.69) is 0 Å². The normalized spacial score (nSPS) is 27.0. The molecule has 0 radical (unpaired) electrons. The van der Waals surface area contributed by atoms with Gasteiger partial charge in [-0.1, -0.05) is 23.7 Å². The quantitative estimate of drug-likeness (QED) is 0.880. The number of hydrogen-bond acceptors (Lipinski definition) is 4. The molecular weight excluding hydrogens is 341 g/mol. The molecule has 1 aliphatic carbocycles. The predicted octanol–water partition coefficient (Wildman–Crippen LogP) is 2.11. The number of halogens is 2. The molecule has 0 aliphatic heterocycles. The summed E-state index contributed by atoms with van der Waals surface area (Å²) in [5.41, 5.74) is 5.23. The lowest BCUT2D eigenvalue weighted by atomic mass is 10.1. The molecule has 4 nitrogen and oxygen atoms in total. The van der Waals surface area contributed by atoms with Crippen LogP contribution in [0.25, 0.3) is 0 Å². The fraction of sp³-hybridized carbons (Fsp3) is 0.250. The van der Waals surface area contributed by atoms with Crippen LogP contribution in [0.3, 0.4) is 0 Å². The number of aliphatic hydroxyl groups excluding tert-OH is 1. The minimum absolute atomic E-state index is 0.0779. The Morgan fingerprint density at radius 1 is 1.22 bits per heavy atom. The molecule has 0 saturated heterocycles. The molecule has 2 aromatic rings. The van der Waals surface area contributed by atoms with E-state index in [1.807, 2.05) is 0 Å². The number of nitrogens with two attached hydrogens (primary N) is 1. The Morgan fingerprint density at radius 3 is 2.43 bits per heavy atom. The summed E-state index contributed by atoms with van der Waals surface area (Å²) in [4.78, 5) is 0.0779. The third-order valence-electron chi connectivity index (χ3n) is 4.26. The van der Waals surface area contributed by atoms with Gasteiger partial charge < -0.3 is 10.8 Å². The van der Waals surface area contributed by atoms with Gasteiger partial charge in [0.05, 0.1) is 22.3 Å². The van der Waals surface area contributed by atoms with Crippen LogP contribution in [0.1, 0.15) is 11.5 Å². The van der Waals surface area contributed by atoms with Crippen LogP contribution in [-0.2, 0) is 9.84 Å². The maximum atomic E-state index is 13.4. The summed E-state index contributed by atoms with van der Waals surface area (Å²) in [6, 6.07) is 11.4. The van der Waals surface area contributed by atoms with Gasteiger partial charge in [-0.05, 0) is 42.0 Å². The van der Waals surface area contributed by atoms with E-state index in [0.29, 0.717) is 10.6 Å². The highest BCUT2D eigenvalue weighted by molar-refractivity contribution is 7.92. The van der Waals surface area contributed by atoms with Crippen molar-refractivity contribution >= 4 is 21.4 Å². The first-order valence-electron chi connectivity index (χ1n) is 6.95. The molecule has 0 bridgehead atoms. The topological polar surface area (TPSA) is 80.4 Å². The van der Waals surface area contributed by atoms with Crippen LogP contribution in [-0.4, -0.2) is 30.9 Å². The summed E-state index contributed by atoms with van der Waals surface area (Å²) in [5, 5.41) is 8.99. The number of sulfone groups is 1. The lowest BCUT2D eigenvalue weighted by Gasteiger charge is -2.08. The van der Waals surface area contributed by atoms with Crippen LogP contribution in [0, 0.1) is 5.82 Å². The Hall–Kier alpha value is -1.47. The van der Waals surface area contributed by atoms with Gasteiger partial charge in [0.25, 0.3) is 0 Å². The van der Waals surface area contributed by atoms with Gasteiger partial charge in [0.15, 0.2) is 9.84 Å². The highest BCUT2D eigenvalue weighted by Gasteiger charge is 2.69. The average molecular weight is 356 g/mol. The molecule has 0 amide bonds. The second-order valence-corrected chi connectivity index (χ2v) is 8.23. The molecule has 23 heavy (non-hydrogen) atoms. The van der Waals surface area contributed by atoms with Crippen molar-refractivity contribution in [1.29, 1.82) is 0 Å². The summed E-state index contributed by atoms with van der Waals surface area (Å²) >= 11 is 5.78. The van der Waals surface area contributed by atoms with Crippen molar-refractivity contribution < 1.29 is 17.9 Å². The van der Waals surface area contributed by atoms with Crippen molar-refractivity contribution in [3.8, 4) is 0 Å². The molecule has 0 heterocycles. The maximum absolute atomic E-state index is 13.4. The molecule has 3 N–H and O–H groups in total. The molecule has 122 valence electrons. The van der Waals surface area contributed by atoms with E-state index in [1.165, 1.54) is 42.5 Å². The van der Waals surface area contributed by atoms with Gasteiger partial charge in [0.2, 0.25) is 0 Å². The minimum Gasteiger partial charge on any atom is -0.394 e.